The quantitative estimate of drug-likeness (QED) is 0.840. The minimum atomic E-state index is 0. The van der Waals surface area contributed by atoms with Crippen molar-refractivity contribution in [3.63, 3.8) is 0 Å². The van der Waals surface area contributed by atoms with E-state index in [4.69, 9.17) is 4.74 Å². The van der Waals surface area contributed by atoms with Crippen LogP contribution < -0.4 is 9.64 Å². The third-order valence-corrected chi connectivity index (χ3v) is 2.28. The third-order valence-electron chi connectivity index (χ3n) is 2.28. The molecule has 0 radical (unpaired) electrons. The molecular weight excluding hydrogens is 246 g/mol. The number of phenolic OH excluding ortho intramolecular Hbond substituents is 1. The van der Waals surface area contributed by atoms with Crippen LogP contribution in [0.3, 0.4) is 0 Å². The summed E-state index contributed by atoms with van der Waals surface area (Å²) in [6, 6.07) is 5.21. The highest BCUT2D eigenvalue weighted by atomic mass is 79.9. The van der Waals surface area contributed by atoms with Crippen LogP contribution in [0.1, 0.15) is 6.92 Å². The molecule has 78 valence electrons. The lowest BCUT2D eigenvalue weighted by atomic mass is 10.2. The Hall–Kier alpha value is -0.900. The highest BCUT2D eigenvalue weighted by Crippen LogP contribution is 2.33. The SMILES string of the molecule is Br.CCN1CCOc2ccc(O)cc21. The summed E-state index contributed by atoms with van der Waals surface area (Å²) in [7, 11) is 0. The van der Waals surface area contributed by atoms with Crippen LogP contribution in [0.25, 0.3) is 0 Å². The minimum absolute atomic E-state index is 0. The summed E-state index contributed by atoms with van der Waals surface area (Å²) < 4.78 is 5.46. The lowest BCUT2D eigenvalue weighted by Crippen LogP contribution is -2.32. The first-order valence-corrected chi connectivity index (χ1v) is 4.52. The molecule has 1 aliphatic rings. The zero-order valence-corrected chi connectivity index (χ0v) is 9.78. The van der Waals surface area contributed by atoms with Gasteiger partial charge in [0.05, 0.1) is 12.2 Å². The van der Waals surface area contributed by atoms with Crippen LogP contribution in [0, 0.1) is 0 Å². The van der Waals surface area contributed by atoms with E-state index in [1.165, 1.54) is 0 Å². The Morgan fingerprint density at radius 1 is 1.50 bits per heavy atom. The fourth-order valence-corrected chi connectivity index (χ4v) is 1.59. The average Bonchev–Trinajstić information content (AvgIpc) is 2.17. The van der Waals surface area contributed by atoms with Crippen molar-refractivity contribution in [2.45, 2.75) is 6.92 Å². The molecule has 1 aromatic carbocycles. The number of likely N-dealkylation sites (N-methyl/N-ethyl adjacent to an activating group) is 1. The molecule has 1 aromatic rings. The molecule has 0 atom stereocenters. The van der Waals surface area contributed by atoms with Crippen molar-refractivity contribution >= 4 is 22.7 Å². The second-order valence-corrected chi connectivity index (χ2v) is 3.08. The van der Waals surface area contributed by atoms with E-state index in [1.54, 1.807) is 12.1 Å². The molecule has 3 nitrogen and oxygen atoms in total. The van der Waals surface area contributed by atoms with Crippen LogP contribution in [0.2, 0.25) is 0 Å². The molecule has 0 spiro atoms. The number of nitrogens with zero attached hydrogens (tertiary/aromatic N) is 1. The minimum Gasteiger partial charge on any atom is -0.508 e. The van der Waals surface area contributed by atoms with Gasteiger partial charge in [-0.05, 0) is 19.1 Å². The van der Waals surface area contributed by atoms with Gasteiger partial charge in [0.25, 0.3) is 0 Å². The Morgan fingerprint density at radius 3 is 3.00 bits per heavy atom. The number of aromatic hydroxyl groups is 1. The van der Waals surface area contributed by atoms with E-state index in [0.29, 0.717) is 5.75 Å². The second kappa shape index (κ2) is 4.55. The van der Waals surface area contributed by atoms with Crippen molar-refractivity contribution in [2.24, 2.45) is 0 Å². The number of fused-ring (bicyclic) bond motifs is 1. The predicted molar refractivity (Wildman–Crippen MR) is 61.8 cm³/mol. The van der Waals surface area contributed by atoms with Crippen molar-refractivity contribution in [3.8, 4) is 11.5 Å². The number of halogens is 1. The summed E-state index contributed by atoms with van der Waals surface area (Å²) in [4.78, 5) is 2.19. The van der Waals surface area contributed by atoms with Gasteiger partial charge in [-0.3, -0.25) is 0 Å². The largest absolute Gasteiger partial charge is 0.508 e. The van der Waals surface area contributed by atoms with Crippen molar-refractivity contribution in [2.75, 3.05) is 24.6 Å². The number of anilines is 1. The standard InChI is InChI=1S/C10H13NO2.BrH/c1-2-11-5-6-13-10-4-3-8(12)7-9(10)11;/h3-4,7,12H,2,5-6H2,1H3;1H. The van der Waals surface area contributed by atoms with Gasteiger partial charge in [0.2, 0.25) is 0 Å². The van der Waals surface area contributed by atoms with Gasteiger partial charge in [0, 0.05) is 12.6 Å². The number of ether oxygens (including phenoxy) is 1. The fourth-order valence-electron chi connectivity index (χ4n) is 1.59. The van der Waals surface area contributed by atoms with Crippen LogP contribution in [-0.4, -0.2) is 24.8 Å². The first-order valence-electron chi connectivity index (χ1n) is 4.52. The molecule has 0 bridgehead atoms. The molecular formula is C10H14BrNO2. The predicted octanol–water partition coefficient (Wildman–Crippen LogP) is 2.19. The van der Waals surface area contributed by atoms with E-state index in [0.717, 1.165) is 31.1 Å². The van der Waals surface area contributed by atoms with Crippen LogP contribution in [0.15, 0.2) is 18.2 Å². The maximum atomic E-state index is 9.32. The molecule has 1 N–H and O–H groups in total. The average molecular weight is 260 g/mol. The molecule has 0 saturated heterocycles. The van der Waals surface area contributed by atoms with E-state index < -0.39 is 0 Å². The lowest BCUT2D eigenvalue weighted by Gasteiger charge is -2.30. The number of hydrogen-bond donors (Lipinski definition) is 1. The molecule has 0 saturated carbocycles. The van der Waals surface area contributed by atoms with E-state index in [9.17, 15) is 5.11 Å². The van der Waals surface area contributed by atoms with Gasteiger partial charge in [-0.2, -0.15) is 0 Å². The first-order chi connectivity index (χ1) is 6.31. The molecule has 0 aliphatic carbocycles. The normalized spacial score (nSPS) is 13.9. The maximum absolute atomic E-state index is 9.32. The molecule has 0 amide bonds. The van der Waals surface area contributed by atoms with Gasteiger partial charge in [0.15, 0.2) is 0 Å². The number of hydrogen-bond acceptors (Lipinski definition) is 3. The Morgan fingerprint density at radius 2 is 2.29 bits per heavy atom. The first kappa shape index (κ1) is 11.2. The topological polar surface area (TPSA) is 32.7 Å². The molecule has 1 heterocycles. The van der Waals surface area contributed by atoms with Crippen LogP contribution >= 0.6 is 17.0 Å². The van der Waals surface area contributed by atoms with Crippen molar-refractivity contribution < 1.29 is 9.84 Å². The van der Waals surface area contributed by atoms with E-state index in [-0.39, 0.29) is 17.0 Å². The molecule has 14 heavy (non-hydrogen) atoms. The third kappa shape index (κ3) is 1.95. The summed E-state index contributed by atoms with van der Waals surface area (Å²) >= 11 is 0. The van der Waals surface area contributed by atoms with E-state index in [2.05, 4.69) is 11.8 Å². The smallest absolute Gasteiger partial charge is 0.142 e. The van der Waals surface area contributed by atoms with E-state index >= 15 is 0 Å². The molecule has 4 heteroatoms. The Bertz CT molecular complexity index is 317. The number of benzene rings is 1. The Kier molecular flexibility index (Phi) is 3.63. The summed E-state index contributed by atoms with van der Waals surface area (Å²) in [6.45, 7) is 4.66. The van der Waals surface area contributed by atoms with Gasteiger partial charge in [0.1, 0.15) is 18.1 Å². The number of phenols is 1. The summed E-state index contributed by atoms with van der Waals surface area (Å²) in [5.74, 6) is 1.16. The summed E-state index contributed by atoms with van der Waals surface area (Å²) in [6.07, 6.45) is 0. The van der Waals surface area contributed by atoms with Crippen LogP contribution in [-0.2, 0) is 0 Å². The Labute approximate surface area is 94.1 Å². The highest BCUT2D eigenvalue weighted by molar-refractivity contribution is 8.93. The van der Waals surface area contributed by atoms with Crippen molar-refractivity contribution in [1.29, 1.82) is 0 Å². The number of rotatable bonds is 1. The zero-order valence-electron chi connectivity index (χ0n) is 8.06. The van der Waals surface area contributed by atoms with Crippen molar-refractivity contribution in [1.82, 2.24) is 0 Å². The Balaban J connectivity index is 0.000000980. The van der Waals surface area contributed by atoms with Crippen LogP contribution in [0.5, 0.6) is 11.5 Å². The summed E-state index contributed by atoms with van der Waals surface area (Å²) in [5, 5.41) is 9.32. The van der Waals surface area contributed by atoms with Gasteiger partial charge < -0.3 is 14.7 Å². The molecule has 0 aromatic heterocycles. The molecule has 0 fully saturated rings. The van der Waals surface area contributed by atoms with Gasteiger partial charge in [-0.25, -0.2) is 0 Å². The van der Waals surface area contributed by atoms with Crippen molar-refractivity contribution in [3.05, 3.63) is 18.2 Å². The van der Waals surface area contributed by atoms with Gasteiger partial charge in [-0.15, -0.1) is 17.0 Å². The fraction of sp³-hybridized carbons (Fsp3) is 0.400. The molecule has 0 unspecified atom stereocenters. The summed E-state index contributed by atoms with van der Waals surface area (Å²) in [5.41, 5.74) is 0.994. The monoisotopic (exact) mass is 259 g/mol. The lowest BCUT2D eigenvalue weighted by molar-refractivity contribution is 0.307. The van der Waals surface area contributed by atoms with Crippen LogP contribution in [0.4, 0.5) is 5.69 Å². The molecule has 1 aliphatic heterocycles. The van der Waals surface area contributed by atoms with Gasteiger partial charge >= 0.3 is 0 Å². The highest BCUT2D eigenvalue weighted by Gasteiger charge is 2.16. The molecule has 2 rings (SSSR count). The maximum Gasteiger partial charge on any atom is 0.142 e. The second-order valence-electron chi connectivity index (χ2n) is 3.08. The van der Waals surface area contributed by atoms with E-state index in [1.807, 2.05) is 6.07 Å². The van der Waals surface area contributed by atoms with Gasteiger partial charge in [-0.1, -0.05) is 0 Å². The zero-order chi connectivity index (χ0) is 9.26.